The Labute approximate surface area is 183 Å². The summed E-state index contributed by atoms with van der Waals surface area (Å²) in [5.74, 6) is -0.579. The summed E-state index contributed by atoms with van der Waals surface area (Å²) < 4.78 is 0. The van der Waals surface area contributed by atoms with Crippen LogP contribution in [0.5, 0.6) is 0 Å². The van der Waals surface area contributed by atoms with Crippen LogP contribution in [0.25, 0.3) is 6.08 Å². The summed E-state index contributed by atoms with van der Waals surface area (Å²) in [6.07, 6.45) is 5.72. The Kier molecular flexibility index (Phi) is 8.82. The van der Waals surface area contributed by atoms with E-state index < -0.39 is 5.91 Å². The lowest BCUT2D eigenvalue weighted by atomic mass is 9.92. The number of unbranched alkanes of at least 4 members (excludes halogenated alkanes) is 1. The first-order valence-electron chi connectivity index (χ1n) is 10.5. The second-order valence-corrected chi connectivity index (χ2v) is 8.72. The molecule has 1 atom stereocenters. The van der Waals surface area contributed by atoms with Crippen LogP contribution in [0.3, 0.4) is 0 Å². The second-order valence-electron chi connectivity index (χ2n) is 7.63. The van der Waals surface area contributed by atoms with Crippen LogP contribution in [0.4, 0.5) is 5.00 Å². The number of carbonyl (C=O) groups excluding carboxylic acids is 2. The van der Waals surface area contributed by atoms with Gasteiger partial charge >= 0.3 is 0 Å². The van der Waals surface area contributed by atoms with E-state index in [0.29, 0.717) is 24.2 Å². The highest BCUT2D eigenvalue weighted by Crippen LogP contribution is 2.32. The molecule has 7 heteroatoms. The largest absolute Gasteiger partial charge is 0.395 e. The molecule has 162 valence electrons. The van der Waals surface area contributed by atoms with Gasteiger partial charge in [0.1, 0.15) is 11.6 Å². The molecule has 0 saturated carbocycles. The minimum atomic E-state index is -0.485. The summed E-state index contributed by atoms with van der Waals surface area (Å²) in [7, 11) is 1.89. The van der Waals surface area contributed by atoms with Crippen molar-refractivity contribution >= 4 is 34.2 Å². The Hall–Kier alpha value is -2.43. The number of carbonyl (C=O) groups is 2. The zero-order valence-electron chi connectivity index (χ0n) is 18.3. The van der Waals surface area contributed by atoms with E-state index in [2.05, 4.69) is 13.8 Å². The number of amides is 2. The predicted octanol–water partition coefficient (Wildman–Crippen LogP) is 3.99. The van der Waals surface area contributed by atoms with Crippen molar-refractivity contribution < 1.29 is 14.7 Å². The van der Waals surface area contributed by atoms with Gasteiger partial charge in [0.25, 0.3) is 11.8 Å². The minimum absolute atomic E-state index is 0.0420. The molecule has 2 heterocycles. The highest BCUT2D eigenvalue weighted by Gasteiger charge is 2.36. The molecule has 0 aliphatic carbocycles. The first-order chi connectivity index (χ1) is 14.4. The second kappa shape index (κ2) is 11.1. The number of thiophene rings is 1. The van der Waals surface area contributed by atoms with Gasteiger partial charge in [0.15, 0.2) is 0 Å². The quantitative estimate of drug-likeness (QED) is 0.449. The summed E-state index contributed by atoms with van der Waals surface area (Å²) >= 11 is 1.50. The van der Waals surface area contributed by atoms with Gasteiger partial charge in [0, 0.05) is 30.6 Å². The van der Waals surface area contributed by atoms with Crippen LogP contribution in [0.2, 0.25) is 0 Å². The molecule has 0 bridgehead atoms. The molecule has 1 unspecified atom stereocenters. The van der Waals surface area contributed by atoms with Crippen LogP contribution >= 0.6 is 11.3 Å². The van der Waals surface area contributed by atoms with Crippen LogP contribution in [0.1, 0.15) is 51.3 Å². The third kappa shape index (κ3) is 5.38. The number of nitrogens with zero attached hydrogens (tertiary/aromatic N) is 3. The van der Waals surface area contributed by atoms with Crippen LogP contribution in [0.15, 0.2) is 28.9 Å². The van der Waals surface area contributed by atoms with Gasteiger partial charge in [-0.15, -0.1) is 11.3 Å². The van der Waals surface area contributed by atoms with Crippen LogP contribution in [-0.2, 0) is 9.59 Å². The molecule has 0 saturated heterocycles. The van der Waals surface area contributed by atoms with Gasteiger partial charge in [0.2, 0.25) is 0 Å². The number of aliphatic hydroxyl groups excluding tert-OH is 1. The fourth-order valence-corrected chi connectivity index (χ4v) is 4.44. The SMILES string of the molecule is CCCCC(CC)CN1C(=O)C(=Cc2ccc(N(C)CCO)s2)C(C)=C(C#N)C1=O. The van der Waals surface area contributed by atoms with Crippen LogP contribution in [0, 0.1) is 17.2 Å². The topological polar surface area (TPSA) is 84.6 Å². The van der Waals surface area contributed by atoms with Gasteiger partial charge in [0.05, 0.1) is 11.6 Å². The Bertz CT molecular complexity index is 878. The summed E-state index contributed by atoms with van der Waals surface area (Å²) in [4.78, 5) is 30.1. The number of hydrogen-bond acceptors (Lipinski definition) is 6. The van der Waals surface area contributed by atoms with Crippen molar-refractivity contribution in [2.45, 2.75) is 46.5 Å². The van der Waals surface area contributed by atoms with Crippen molar-refractivity contribution in [1.82, 2.24) is 4.90 Å². The lowest BCUT2D eigenvalue weighted by Crippen LogP contribution is -2.45. The van der Waals surface area contributed by atoms with Gasteiger partial charge in [-0.2, -0.15) is 5.26 Å². The lowest BCUT2D eigenvalue weighted by Gasteiger charge is -2.30. The molecule has 0 aromatic carbocycles. The Morgan fingerprint density at radius 1 is 1.30 bits per heavy atom. The van der Waals surface area contributed by atoms with E-state index in [4.69, 9.17) is 5.11 Å². The van der Waals surface area contributed by atoms with Gasteiger partial charge in [-0.1, -0.05) is 33.1 Å². The first-order valence-corrected chi connectivity index (χ1v) is 11.3. The molecule has 2 rings (SSSR count). The van der Waals surface area contributed by atoms with E-state index in [1.807, 2.05) is 30.1 Å². The zero-order chi connectivity index (χ0) is 22.3. The molecule has 1 aromatic rings. The van der Waals surface area contributed by atoms with Crippen molar-refractivity contribution in [3.63, 3.8) is 0 Å². The fraction of sp³-hybridized carbons (Fsp3) is 0.522. The molecule has 1 N–H and O–H groups in total. The maximum atomic E-state index is 13.2. The van der Waals surface area contributed by atoms with Gasteiger partial charge in [-0.05, 0) is 43.0 Å². The van der Waals surface area contributed by atoms with E-state index in [1.165, 1.54) is 16.2 Å². The van der Waals surface area contributed by atoms with Crippen molar-refractivity contribution in [3.05, 3.63) is 33.7 Å². The molecule has 6 nitrogen and oxygen atoms in total. The van der Waals surface area contributed by atoms with E-state index in [9.17, 15) is 14.9 Å². The molecule has 0 radical (unpaired) electrons. The minimum Gasteiger partial charge on any atom is -0.395 e. The summed E-state index contributed by atoms with van der Waals surface area (Å²) in [5.41, 5.74) is 0.874. The smallest absolute Gasteiger partial charge is 0.271 e. The van der Waals surface area contributed by atoms with Gasteiger partial charge in [-0.3, -0.25) is 14.5 Å². The monoisotopic (exact) mass is 429 g/mol. The Morgan fingerprint density at radius 3 is 2.63 bits per heavy atom. The molecular formula is C23H31N3O3S. The van der Waals surface area contributed by atoms with Crippen molar-refractivity contribution in [2.24, 2.45) is 5.92 Å². The molecule has 0 spiro atoms. The lowest BCUT2D eigenvalue weighted by molar-refractivity contribution is -0.141. The van der Waals surface area contributed by atoms with Gasteiger partial charge in [-0.25, -0.2) is 0 Å². The molecule has 1 aromatic heterocycles. The maximum Gasteiger partial charge on any atom is 0.271 e. The highest BCUT2D eigenvalue weighted by molar-refractivity contribution is 7.16. The Morgan fingerprint density at radius 2 is 2.03 bits per heavy atom. The van der Waals surface area contributed by atoms with E-state index in [-0.39, 0.29) is 24.0 Å². The average molecular weight is 430 g/mol. The average Bonchev–Trinajstić information content (AvgIpc) is 3.20. The van der Waals surface area contributed by atoms with Crippen LogP contribution < -0.4 is 4.90 Å². The molecule has 0 fully saturated rings. The molecule has 1 aliphatic heterocycles. The molecule has 1 aliphatic rings. The number of likely N-dealkylation sites (N-methyl/N-ethyl adjacent to an activating group) is 1. The van der Waals surface area contributed by atoms with Crippen molar-refractivity contribution in [3.8, 4) is 6.07 Å². The third-order valence-corrected chi connectivity index (χ3v) is 6.67. The van der Waals surface area contributed by atoms with E-state index >= 15 is 0 Å². The number of nitriles is 1. The zero-order valence-corrected chi connectivity index (χ0v) is 19.1. The third-order valence-electron chi connectivity index (χ3n) is 5.52. The van der Waals surface area contributed by atoms with Gasteiger partial charge < -0.3 is 10.0 Å². The fourth-order valence-electron chi connectivity index (χ4n) is 3.50. The normalized spacial score (nSPS) is 16.9. The first kappa shape index (κ1) is 23.8. The number of imide groups is 1. The molecular weight excluding hydrogens is 398 g/mol. The molecule has 30 heavy (non-hydrogen) atoms. The van der Waals surface area contributed by atoms with E-state index in [1.54, 1.807) is 13.0 Å². The summed E-state index contributed by atoms with van der Waals surface area (Å²) in [5, 5.41) is 19.7. The number of anilines is 1. The predicted molar refractivity (Wildman–Crippen MR) is 121 cm³/mol. The Balaban J connectivity index is 2.37. The number of aliphatic hydroxyl groups is 1. The standard InChI is InChI=1S/C23H31N3O3S/c1-5-7-8-17(6-2)15-26-22(28)19(16(3)20(14-24)23(26)29)13-18-9-10-21(30-18)25(4)11-12-27/h9-10,13,17,27H,5-8,11-12,15H2,1-4H3. The summed E-state index contributed by atoms with van der Waals surface area (Å²) in [6, 6.07) is 5.85. The maximum absolute atomic E-state index is 13.2. The highest BCUT2D eigenvalue weighted by atomic mass is 32.1. The van der Waals surface area contributed by atoms with Crippen molar-refractivity contribution in [1.29, 1.82) is 5.26 Å². The van der Waals surface area contributed by atoms with E-state index in [0.717, 1.165) is 35.6 Å². The molecule has 2 amide bonds. The number of hydrogen-bond donors (Lipinski definition) is 1. The number of rotatable bonds is 10. The van der Waals surface area contributed by atoms with Crippen molar-refractivity contribution in [2.75, 3.05) is 31.6 Å². The summed E-state index contributed by atoms with van der Waals surface area (Å²) in [6.45, 7) is 6.78. The van der Waals surface area contributed by atoms with Crippen LogP contribution in [-0.4, -0.2) is 48.6 Å².